The summed E-state index contributed by atoms with van der Waals surface area (Å²) in [5, 5.41) is 12.2. The van der Waals surface area contributed by atoms with E-state index in [2.05, 4.69) is 12.2 Å². The molecule has 1 heterocycles. The molecule has 3 atom stereocenters. The van der Waals surface area contributed by atoms with E-state index in [-0.39, 0.29) is 37.6 Å². The highest BCUT2D eigenvalue weighted by Crippen LogP contribution is 2.40. The predicted octanol–water partition coefficient (Wildman–Crippen LogP) is 11.9. The Hall–Kier alpha value is -4.90. The van der Waals surface area contributed by atoms with Crippen molar-refractivity contribution in [3.63, 3.8) is 0 Å². The van der Waals surface area contributed by atoms with Gasteiger partial charge in [-0.25, -0.2) is 0 Å². The lowest BCUT2D eigenvalue weighted by atomic mass is 9.96. The summed E-state index contributed by atoms with van der Waals surface area (Å²) >= 11 is 0. The third kappa shape index (κ3) is 20.0. The van der Waals surface area contributed by atoms with Crippen LogP contribution >= 0.6 is 0 Å². The third-order valence-corrected chi connectivity index (χ3v) is 12.5. The van der Waals surface area contributed by atoms with Crippen molar-refractivity contribution < 1.29 is 43.2 Å². The monoisotopic (exact) mass is 899 g/mol. The maximum Gasteiger partial charge on any atom is 0.306 e. The van der Waals surface area contributed by atoms with Crippen molar-refractivity contribution in [3.8, 4) is 11.5 Å². The number of hydrogen-bond acceptors (Lipinski definition) is 8. The van der Waals surface area contributed by atoms with Gasteiger partial charge in [-0.2, -0.15) is 0 Å². The summed E-state index contributed by atoms with van der Waals surface area (Å²) in [7, 11) is 3.24. The number of aliphatic carboxylic acids is 1. The van der Waals surface area contributed by atoms with Crippen molar-refractivity contribution in [2.24, 2.45) is 0 Å². The molecule has 1 fully saturated rings. The van der Waals surface area contributed by atoms with Gasteiger partial charge in [-0.3, -0.25) is 19.2 Å². The zero-order chi connectivity index (χ0) is 46.5. The summed E-state index contributed by atoms with van der Waals surface area (Å²) in [6, 6.07) is 24.7. The second-order valence-electron chi connectivity index (χ2n) is 17.6. The van der Waals surface area contributed by atoms with Crippen LogP contribution in [0.5, 0.6) is 11.5 Å². The van der Waals surface area contributed by atoms with Crippen LogP contribution < -0.4 is 14.8 Å². The smallest absolute Gasteiger partial charge is 0.306 e. The third-order valence-electron chi connectivity index (χ3n) is 12.5. The summed E-state index contributed by atoms with van der Waals surface area (Å²) in [5.41, 5.74) is 2.62. The minimum Gasteiger partial charge on any atom is -0.497 e. The molecule has 0 aromatic heterocycles. The van der Waals surface area contributed by atoms with E-state index in [1.807, 2.05) is 78.9 Å². The highest BCUT2D eigenvalue weighted by molar-refractivity contribution is 5.78. The summed E-state index contributed by atoms with van der Waals surface area (Å²) in [6.07, 6.45) is 20.3. The molecule has 1 aliphatic heterocycles. The Labute approximate surface area is 389 Å². The molecule has 3 unspecified atom stereocenters. The Morgan fingerprint density at radius 2 is 1.12 bits per heavy atom. The SMILES string of the molecule is CCCCCCCCCCCCCCCCCC(=O)NCCCCCC(=O)N1CC(OC(=O)CCC(=O)O)CC1C(OC(c1ccc(OC)cc1)c1ccc(OC)cc1)c1ccccc1. The number of unbranched alkanes of at least 4 members (excludes halogenated alkanes) is 16. The number of hydrogen-bond donors (Lipinski definition) is 2. The summed E-state index contributed by atoms with van der Waals surface area (Å²) in [5.74, 6) is -0.262. The lowest BCUT2D eigenvalue weighted by Gasteiger charge is -2.35. The minimum atomic E-state index is -1.08. The Morgan fingerprint density at radius 3 is 1.65 bits per heavy atom. The van der Waals surface area contributed by atoms with Crippen molar-refractivity contribution in [1.29, 1.82) is 0 Å². The van der Waals surface area contributed by atoms with Crippen LogP contribution in [0.25, 0.3) is 0 Å². The molecule has 11 nitrogen and oxygen atoms in total. The number of carboxylic acid groups (broad SMARTS) is 1. The number of carbonyl (C=O) groups is 4. The lowest BCUT2D eigenvalue weighted by molar-refractivity contribution is -0.152. The fraction of sp³-hybridized carbons (Fsp3) is 0.593. The first kappa shape index (κ1) is 52.7. The highest BCUT2D eigenvalue weighted by Gasteiger charge is 2.43. The van der Waals surface area contributed by atoms with Crippen LogP contribution in [-0.2, 0) is 28.7 Å². The minimum absolute atomic E-state index is 0.0775. The first-order valence-corrected chi connectivity index (χ1v) is 24.7. The first-order chi connectivity index (χ1) is 31.7. The van der Waals surface area contributed by atoms with Crippen LogP contribution in [0.2, 0.25) is 0 Å². The highest BCUT2D eigenvalue weighted by atomic mass is 16.5. The normalized spacial score (nSPS) is 15.2. The number of amides is 2. The molecule has 65 heavy (non-hydrogen) atoms. The molecule has 11 heteroatoms. The van der Waals surface area contributed by atoms with Gasteiger partial charge in [0.25, 0.3) is 0 Å². The number of ether oxygens (including phenoxy) is 4. The second-order valence-corrected chi connectivity index (χ2v) is 17.6. The maximum absolute atomic E-state index is 14.2. The van der Waals surface area contributed by atoms with Gasteiger partial charge in [-0.1, -0.05) is 158 Å². The zero-order valence-electron chi connectivity index (χ0n) is 39.7. The van der Waals surface area contributed by atoms with Gasteiger partial charge in [0.15, 0.2) is 0 Å². The molecule has 1 saturated heterocycles. The molecule has 358 valence electrons. The molecule has 0 aliphatic carbocycles. The second kappa shape index (κ2) is 31.1. The average molecular weight is 899 g/mol. The van der Waals surface area contributed by atoms with E-state index in [1.54, 1.807) is 19.1 Å². The van der Waals surface area contributed by atoms with Crippen LogP contribution in [0.1, 0.15) is 184 Å². The number of likely N-dealkylation sites (tertiary alicyclic amines) is 1. The van der Waals surface area contributed by atoms with E-state index in [4.69, 9.17) is 18.9 Å². The molecule has 1 aliphatic rings. The molecule has 0 saturated carbocycles. The number of carboxylic acids is 1. The number of rotatable bonds is 34. The van der Waals surface area contributed by atoms with E-state index in [0.29, 0.717) is 37.3 Å². The van der Waals surface area contributed by atoms with E-state index in [0.717, 1.165) is 42.4 Å². The predicted molar refractivity (Wildman–Crippen MR) is 256 cm³/mol. The van der Waals surface area contributed by atoms with Gasteiger partial charge in [0, 0.05) is 25.8 Å². The van der Waals surface area contributed by atoms with Gasteiger partial charge >= 0.3 is 11.9 Å². The maximum atomic E-state index is 14.2. The average Bonchev–Trinajstić information content (AvgIpc) is 3.74. The van der Waals surface area contributed by atoms with Crippen LogP contribution in [-0.4, -0.2) is 73.2 Å². The molecule has 0 bridgehead atoms. The van der Waals surface area contributed by atoms with E-state index >= 15 is 0 Å². The van der Waals surface area contributed by atoms with Gasteiger partial charge in [0.05, 0.1) is 39.6 Å². The number of nitrogens with zero attached hydrogens (tertiary/aromatic N) is 1. The number of benzene rings is 3. The summed E-state index contributed by atoms with van der Waals surface area (Å²) in [4.78, 5) is 52.6. The van der Waals surface area contributed by atoms with Gasteiger partial charge in [0.1, 0.15) is 29.8 Å². The number of esters is 1. The van der Waals surface area contributed by atoms with Gasteiger partial charge in [-0.15, -0.1) is 0 Å². The molecule has 4 rings (SSSR count). The fourth-order valence-electron chi connectivity index (χ4n) is 8.72. The van der Waals surface area contributed by atoms with Crippen LogP contribution in [0.15, 0.2) is 78.9 Å². The molecular formula is C54H78N2O9. The Balaban J connectivity index is 1.30. The molecule has 0 radical (unpaired) electrons. The Bertz CT molecular complexity index is 1740. The van der Waals surface area contributed by atoms with Gasteiger partial charge in [0.2, 0.25) is 11.8 Å². The van der Waals surface area contributed by atoms with Crippen molar-refractivity contribution >= 4 is 23.8 Å². The first-order valence-electron chi connectivity index (χ1n) is 24.7. The number of nitrogens with one attached hydrogen (secondary N) is 1. The van der Waals surface area contributed by atoms with Crippen molar-refractivity contribution in [1.82, 2.24) is 10.2 Å². The molecule has 2 N–H and O–H groups in total. The quantitative estimate of drug-likeness (QED) is 0.0443. The standard InChI is InChI=1S/C54H78N2O9/c1-4-5-6-7-8-9-10-11-12-13-14-15-16-17-22-27-49(57)55-39-24-19-23-28-50(58)56-41-47(64-52(61)38-37-51(59)60)40-48(56)54(42-25-20-18-21-26-42)65-53(43-29-33-45(62-2)34-30-43)44-31-35-46(63-3)36-32-44/h18,20-21,25-26,29-36,47-48,53-54H,4-17,19,22-24,27-28,37-41H2,1-3H3,(H,55,57)(H,59,60). The Kier molecular flexibility index (Phi) is 25.2. The van der Waals surface area contributed by atoms with Gasteiger partial charge < -0.3 is 34.3 Å². The lowest BCUT2D eigenvalue weighted by Crippen LogP contribution is -2.40. The number of carbonyl (C=O) groups excluding carboxylic acids is 3. The largest absolute Gasteiger partial charge is 0.497 e. The van der Waals surface area contributed by atoms with E-state index in [9.17, 15) is 24.3 Å². The zero-order valence-corrected chi connectivity index (χ0v) is 39.7. The molecular weight excluding hydrogens is 821 g/mol. The topological polar surface area (TPSA) is 141 Å². The van der Waals surface area contributed by atoms with Crippen molar-refractivity contribution in [2.45, 2.75) is 179 Å². The fourth-order valence-corrected chi connectivity index (χ4v) is 8.72. The Morgan fingerprint density at radius 1 is 0.615 bits per heavy atom. The van der Waals surface area contributed by atoms with E-state index < -0.39 is 36.3 Å². The van der Waals surface area contributed by atoms with Crippen molar-refractivity contribution in [3.05, 3.63) is 95.6 Å². The van der Waals surface area contributed by atoms with Crippen LogP contribution in [0.4, 0.5) is 0 Å². The summed E-state index contributed by atoms with van der Waals surface area (Å²) < 4.78 is 23.9. The van der Waals surface area contributed by atoms with E-state index in [1.165, 1.54) is 83.5 Å². The van der Waals surface area contributed by atoms with Crippen LogP contribution in [0.3, 0.4) is 0 Å². The van der Waals surface area contributed by atoms with Crippen LogP contribution in [0, 0.1) is 0 Å². The molecule has 3 aromatic rings. The van der Waals surface area contributed by atoms with Gasteiger partial charge in [-0.05, 0) is 60.2 Å². The molecule has 3 aromatic carbocycles. The summed E-state index contributed by atoms with van der Waals surface area (Å²) in [6.45, 7) is 3.01. The molecule has 2 amide bonds. The van der Waals surface area contributed by atoms with Crippen molar-refractivity contribution in [2.75, 3.05) is 27.3 Å². The number of methoxy groups -OCH3 is 2. The molecule has 0 spiro atoms.